The third-order valence-electron chi connectivity index (χ3n) is 3.65. The van der Waals surface area contributed by atoms with Gasteiger partial charge in [-0.2, -0.15) is 0 Å². The minimum Gasteiger partial charge on any atom is -0.309 e. The lowest BCUT2D eigenvalue weighted by Gasteiger charge is -2.20. The molecule has 1 amide bonds. The van der Waals surface area contributed by atoms with E-state index >= 15 is 0 Å². The van der Waals surface area contributed by atoms with Gasteiger partial charge in [0.05, 0.1) is 13.4 Å². The van der Waals surface area contributed by atoms with Gasteiger partial charge in [0.1, 0.15) is 11.3 Å². The van der Waals surface area contributed by atoms with Gasteiger partial charge in [0.2, 0.25) is 0 Å². The highest BCUT2D eigenvalue weighted by atomic mass is 79.9. The van der Waals surface area contributed by atoms with Crippen molar-refractivity contribution < 1.29 is 13.6 Å². The number of hydrogen-bond donors (Lipinski definition) is 0. The summed E-state index contributed by atoms with van der Waals surface area (Å²) in [5.41, 5.74) is 0.0872. The second-order valence-corrected chi connectivity index (χ2v) is 9.42. The van der Waals surface area contributed by atoms with Gasteiger partial charge < -0.3 is 4.90 Å². The maximum Gasteiger partial charge on any atom is 0.270 e. The Bertz CT molecular complexity index is 941. The van der Waals surface area contributed by atoms with E-state index in [-0.39, 0.29) is 11.4 Å². The molecule has 3 rings (SSSR count). The van der Waals surface area contributed by atoms with Crippen LogP contribution in [0.3, 0.4) is 0 Å². The van der Waals surface area contributed by atoms with E-state index in [1.807, 2.05) is 25.1 Å². The Morgan fingerprint density at radius 2 is 1.96 bits per heavy atom. The predicted molar refractivity (Wildman–Crippen MR) is 106 cm³/mol. The van der Waals surface area contributed by atoms with Crippen LogP contribution >= 0.6 is 38.6 Å². The number of rotatable bonds is 6. The van der Waals surface area contributed by atoms with Crippen molar-refractivity contribution in [2.75, 3.05) is 32.1 Å². The highest BCUT2D eigenvalue weighted by molar-refractivity contribution is 9.11. The Balaban J connectivity index is 1.96. The zero-order chi connectivity index (χ0) is 18.8. The second-order valence-electron chi connectivity index (χ2n) is 5.95. The fourth-order valence-electron chi connectivity index (χ4n) is 2.45. The molecule has 1 aromatic carbocycles. The lowest BCUT2D eigenvalue weighted by atomic mass is 10.3. The summed E-state index contributed by atoms with van der Waals surface area (Å²) >= 11 is 5.80. The summed E-state index contributed by atoms with van der Waals surface area (Å²) < 4.78 is 28.7. The number of hydrogen-bond acceptors (Lipinski definition) is 5. The summed E-state index contributed by atoms with van der Waals surface area (Å²) in [6.45, 7) is 1.24. The van der Waals surface area contributed by atoms with Crippen LogP contribution in [0.25, 0.3) is 10.2 Å². The number of halogens is 3. The quantitative estimate of drug-likeness (QED) is 0.520. The second kappa shape index (κ2) is 8.08. The first-order valence-corrected chi connectivity index (χ1v) is 10.3. The fourth-order valence-corrected chi connectivity index (χ4v) is 4.82. The van der Waals surface area contributed by atoms with Gasteiger partial charge in [-0.15, -0.1) is 11.3 Å². The average Bonchev–Trinajstić information content (AvgIpc) is 3.17. The van der Waals surface area contributed by atoms with Crippen molar-refractivity contribution in [1.82, 2.24) is 9.88 Å². The first kappa shape index (κ1) is 19.3. The number of amides is 1. The molecule has 138 valence electrons. The van der Waals surface area contributed by atoms with Crippen LogP contribution < -0.4 is 4.90 Å². The Kier molecular flexibility index (Phi) is 6.01. The molecule has 2 aromatic heterocycles. The fraction of sp³-hybridized carbons (Fsp3) is 0.294. The normalized spacial score (nSPS) is 11.5. The largest absolute Gasteiger partial charge is 0.309 e. The molecule has 0 aliphatic heterocycles. The van der Waals surface area contributed by atoms with Crippen LogP contribution in [0.15, 0.2) is 28.1 Å². The molecule has 0 spiro atoms. The van der Waals surface area contributed by atoms with E-state index in [1.165, 1.54) is 17.4 Å². The first-order chi connectivity index (χ1) is 12.3. The number of fused-ring (bicyclic) bond motifs is 1. The first-order valence-electron chi connectivity index (χ1n) is 7.82. The number of carbonyl (C=O) groups is 1. The molecule has 3 aromatic rings. The van der Waals surface area contributed by atoms with Crippen LogP contribution in [0.5, 0.6) is 0 Å². The maximum atomic E-state index is 14.0. The van der Waals surface area contributed by atoms with E-state index in [4.69, 9.17) is 0 Å². The van der Waals surface area contributed by atoms with Crippen LogP contribution in [0.1, 0.15) is 16.1 Å². The molecule has 0 N–H and O–H groups in total. The van der Waals surface area contributed by atoms with Gasteiger partial charge in [-0.1, -0.05) is 11.3 Å². The van der Waals surface area contributed by atoms with E-state index < -0.39 is 11.6 Å². The van der Waals surface area contributed by atoms with Crippen LogP contribution in [0.2, 0.25) is 0 Å². The van der Waals surface area contributed by atoms with Crippen LogP contribution in [0.4, 0.5) is 13.9 Å². The molecule has 0 aliphatic rings. The molecule has 0 saturated carbocycles. The van der Waals surface area contributed by atoms with E-state index in [2.05, 4.69) is 20.9 Å². The molecule has 0 saturated heterocycles. The summed E-state index contributed by atoms with van der Waals surface area (Å²) in [4.78, 5) is 21.4. The number of benzene rings is 1. The molecule has 0 bridgehead atoms. The van der Waals surface area contributed by atoms with Crippen molar-refractivity contribution in [1.29, 1.82) is 0 Å². The van der Waals surface area contributed by atoms with E-state index in [0.29, 0.717) is 21.3 Å². The molecule has 0 fully saturated rings. The zero-order valence-corrected chi connectivity index (χ0v) is 17.3. The Morgan fingerprint density at radius 1 is 1.19 bits per heavy atom. The van der Waals surface area contributed by atoms with Gasteiger partial charge in [0.25, 0.3) is 5.91 Å². The third kappa shape index (κ3) is 4.28. The topological polar surface area (TPSA) is 36.4 Å². The predicted octanol–water partition coefficient (Wildman–Crippen LogP) is 5.00. The van der Waals surface area contributed by atoms with E-state index in [1.54, 1.807) is 11.0 Å². The summed E-state index contributed by atoms with van der Waals surface area (Å²) in [5, 5.41) is 0.373. The van der Waals surface area contributed by atoms with Crippen molar-refractivity contribution in [3.05, 3.63) is 44.6 Å². The maximum absolute atomic E-state index is 14.0. The minimum absolute atomic E-state index is 0.0872. The number of anilines is 1. The molecule has 0 aliphatic carbocycles. The van der Waals surface area contributed by atoms with Crippen LogP contribution in [-0.2, 0) is 0 Å². The van der Waals surface area contributed by atoms with E-state index in [0.717, 1.165) is 34.2 Å². The smallest absolute Gasteiger partial charge is 0.270 e. The average molecular weight is 460 g/mol. The monoisotopic (exact) mass is 459 g/mol. The van der Waals surface area contributed by atoms with E-state index in [9.17, 15) is 13.6 Å². The number of nitrogens with zero attached hydrogens (tertiary/aromatic N) is 3. The van der Waals surface area contributed by atoms with Crippen LogP contribution in [0, 0.1) is 11.6 Å². The van der Waals surface area contributed by atoms with Crippen molar-refractivity contribution >= 4 is 59.9 Å². The van der Waals surface area contributed by atoms with Gasteiger partial charge in [-0.3, -0.25) is 9.69 Å². The van der Waals surface area contributed by atoms with Crippen molar-refractivity contribution in [2.45, 2.75) is 6.42 Å². The van der Waals surface area contributed by atoms with Crippen molar-refractivity contribution in [3.63, 3.8) is 0 Å². The molecular formula is C17H16BrF2N3OS2. The summed E-state index contributed by atoms with van der Waals surface area (Å²) in [6, 6.07) is 5.59. The van der Waals surface area contributed by atoms with Gasteiger partial charge in [0, 0.05) is 12.6 Å². The molecule has 26 heavy (non-hydrogen) atoms. The lowest BCUT2D eigenvalue weighted by molar-refractivity contribution is 0.0990. The summed E-state index contributed by atoms with van der Waals surface area (Å²) in [5.74, 6) is -1.57. The molecule has 4 nitrogen and oxygen atoms in total. The Hall–Kier alpha value is -1.42. The highest BCUT2D eigenvalue weighted by Crippen LogP contribution is 2.33. The third-order valence-corrected chi connectivity index (χ3v) is 6.29. The molecular weight excluding hydrogens is 444 g/mol. The van der Waals surface area contributed by atoms with Crippen molar-refractivity contribution in [3.8, 4) is 0 Å². The highest BCUT2D eigenvalue weighted by Gasteiger charge is 2.23. The number of carbonyl (C=O) groups excluding carboxylic acids is 1. The number of thiazole rings is 1. The minimum atomic E-state index is -0.720. The zero-order valence-electron chi connectivity index (χ0n) is 14.1. The lowest BCUT2D eigenvalue weighted by Crippen LogP contribution is -2.32. The van der Waals surface area contributed by atoms with Gasteiger partial charge in [0.15, 0.2) is 10.9 Å². The molecule has 0 unspecified atom stereocenters. The molecule has 2 heterocycles. The number of aromatic nitrogens is 1. The van der Waals surface area contributed by atoms with Gasteiger partial charge >= 0.3 is 0 Å². The number of thiophene rings is 1. The molecule has 9 heteroatoms. The molecule has 0 atom stereocenters. The van der Waals surface area contributed by atoms with Crippen LogP contribution in [-0.4, -0.2) is 43.0 Å². The standard InChI is InChI=1S/C17H16BrF2N3OS2/c1-22(2)6-3-7-23(16(24)12-4-5-14(18)25-12)17-21-15-11(20)8-10(19)9-13(15)26-17/h4-5,8-9H,3,6-7H2,1-2H3. The van der Waals surface area contributed by atoms with Gasteiger partial charge in [-0.05, 0) is 61.2 Å². The summed E-state index contributed by atoms with van der Waals surface area (Å²) in [6.07, 6.45) is 0.734. The SMILES string of the molecule is CN(C)CCCN(C(=O)c1ccc(Br)s1)c1nc2c(F)cc(F)cc2s1. The molecule has 0 radical (unpaired) electrons. The Morgan fingerprint density at radius 3 is 2.62 bits per heavy atom. The van der Waals surface area contributed by atoms with Gasteiger partial charge in [-0.25, -0.2) is 13.8 Å². The summed E-state index contributed by atoms with van der Waals surface area (Å²) in [7, 11) is 3.91. The Labute approximate surface area is 166 Å². The van der Waals surface area contributed by atoms with Crippen molar-refractivity contribution in [2.24, 2.45) is 0 Å².